The quantitative estimate of drug-likeness (QED) is 0.379. The van der Waals surface area contributed by atoms with E-state index in [0.29, 0.717) is 35.6 Å². The van der Waals surface area contributed by atoms with Gasteiger partial charge in [0.25, 0.3) is 0 Å². The van der Waals surface area contributed by atoms with Crippen molar-refractivity contribution in [3.63, 3.8) is 0 Å². The lowest BCUT2D eigenvalue weighted by molar-refractivity contribution is -0.199. The molecule has 2 aromatic carbocycles. The van der Waals surface area contributed by atoms with E-state index in [2.05, 4.69) is 45.3 Å². The van der Waals surface area contributed by atoms with Gasteiger partial charge in [0.1, 0.15) is 6.04 Å². The molecule has 2 N–H and O–H groups in total. The maximum absolute atomic E-state index is 13.9. The number of hydrogen-bond acceptors (Lipinski definition) is 4. The number of nitrogens with one attached hydrogen (secondary N) is 2. The summed E-state index contributed by atoms with van der Waals surface area (Å²) in [6, 6.07) is 16.2. The minimum Gasteiger partial charge on any atom is -0.404 e. The molecule has 3 saturated carbocycles. The summed E-state index contributed by atoms with van der Waals surface area (Å²) in [4.78, 5) is 26.9. The Morgan fingerprint density at radius 2 is 1.75 bits per heavy atom. The molecule has 4 aliphatic rings. The first kappa shape index (κ1) is 29.2. The molecule has 2 aromatic rings. The van der Waals surface area contributed by atoms with Crippen LogP contribution in [0.4, 0.5) is 0 Å². The molecule has 6 rings (SSSR count). The lowest BCUT2D eigenvalue weighted by Crippen LogP contribution is -2.65. The molecule has 4 fully saturated rings. The largest absolute Gasteiger partial charge is 0.481 e. The summed E-state index contributed by atoms with van der Waals surface area (Å²) in [5, 5.41) is 6.81. The van der Waals surface area contributed by atoms with Crippen molar-refractivity contribution in [1.29, 1.82) is 0 Å². The van der Waals surface area contributed by atoms with Gasteiger partial charge in [-0.3, -0.25) is 9.59 Å². The molecule has 1 saturated heterocycles. The molecule has 0 unspecified atom stereocenters. The number of rotatable bonds is 10. The van der Waals surface area contributed by atoms with Gasteiger partial charge in [0, 0.05) is 11.4 Å². The number of carbonyl (C=O) groups excluding carboxylic acids is 2. The number of amides is 2. The van der Waals surface area contributed by atoms with Crippen LogP contribution in [-0.4, -0.2) is 42.6 Å². The summed E-state index contributed by atoms with van der Waals surface area (Å²) < 4.78 is 13.3. The average Bonchev–Trinajstić information content (AvgIpc) is 3.25. The van der Waals surface area contributed by atoms with Crippen molar-refractivity contribution in [2.24, 2.45) is 23.2 Å². The summed E-state index contributed by atoms with van der Waals surface area (Å²) in [7, 11) is -0.518. The standard InChI is InChI=1S/C32H42BClN2O4/c1-20(2)14-28(33-39-27-19-23-18-26(31(23,3)4)32(27,5)40-33)36-30(38)25(16-21-10-7-6-8-11-21)35-29(37)17-22-12-9-13-24(34)15-22/h6-13,15,20,23,25-28H,14,16-19H2,1-5H3,(H,35,37)(H,36,38)/t23-,25+,26-,27-,28+,32+/m1/s1. The van der Waals surface area contributed by atoms with Gasteiger partial charge in [0.2, 0.25) is 11.8 Å². The van der Waals surface area contributed by atoms with Crippen LogP contribution in [0.1, 0.15) is 65.0 Å². The molecule has 2 bridgehead atoms. The van der Waals surface area contributed by atoms with E-state index in [0.717, 1.165) is 17.5 Å². The van der Waals surface area contributed by atoms with Gasteiger partial charge in [-0.2, -0.15) is 0 Å². The van der Waals surface area contributed by atoms with E-state index in [9.17, 15) is 9.59 Å². The van der Waals surface area contributed by atoms with Gasteiger partial charge in [-0.15, -0.1) is 0 Å². The molecule has 0 aromatic heterocycles. The van der Waals surface area contributed by atoms with Crippen LogP contribution >= 0.6 is 11.6 Å². The van der Waals surface area contributed by atoms with E-state index in [1.165, 1.54) is 6.42 Å². The molecule has 3 aliphatic carbocycles. The highest BCUT2D eigenvalue weighted by molar-refractivity contribution is 6.48. The lowest BCUT2D eigenvalue weighted by atomic mass is 9.43. The zero-order valence-electron chi connectivity index (χ0n) is 24.3. The molecule has 6 nitrogen and oxygen atoms in total. The number of benzene rings is 2. The van der Waals surface area contributed by atoms with Crippen LogP contribution in [0.15, 0.2) is 54.6 Å². The third-order valence-electron chi connectivity index (χ3n) is 9.54. The molecule has 1 aliphatic heterocycles. The molecule has 1 heterocycles. The second-order valence-electron chi connectivity index (χ2n) is 13.2. The Morgan fingerprint density at radius 3 is 2.42 bits per heavy atom. The van der Waals surface area contributed by atoms with E-state index < -0.39 is 13.2 Å². The third kappa shape index (κ3) is 5.98. The molecule has 214 valence electrons. The zero-order valence-corrected chi connectivity index (χ0v) is 25.0. The van der Waals surface area contributed by atoms with Gasteiger partial charge in [-0.05, 0) is 72.6 Å². The van der Waals surface area contributed by atoms with Crippen molar-refractivity contribution in [2.45, 2.75) is 90.4 Å². The zero-order chi connectivity index (χ0) is 28.7. The smallest absolute Gasteiger partial charge is 0.404 e. The Morgan fingerprint density at radius 1 is 1.02 bits per heavy atom. The topological polar surface area (TPSA) is 76.7 Å². The predicted octanol–water partition coefficient (Wildman–Crippen LogP) is 5.41. The summed E-state index contributed by atoms with van der Waals surface area (Å²) in [6.07, 6.45) is 3.45. The van der Waals surface area contributed by atoms with Crippen LogP contribution in [0.2, 0.25) is 5.02 Å². The average molecular weight is 565 g/mol. The normalized spacial score (nSPS) is 27.9. The van der Waals surface area contributed by atoms with Crippen LogP contribution < -0.4 is 10.6 Å². The number of carbonyl (C=O) groups is 2. The van der Waals surface area contributed by atoms with Gasteiger partial charge >= 0.3 is 7.12 Å². The van der Waals surface area contributed by atoms with E-state index in [1.54, 1.807) is 12.1 Å². The van der Waals surface area contributed by atoms with Gasteiger partial charge < -0.3 is 19.9 Å². The van der Waals surface area contributed by atoms with Crippen molar-refractivity contribution in [1.82, 2.24) is 10.6 Å². The highest BCUT2D eigenvalue weighted by Gasteiger charge is 2.68. The van der Waals surface area contributed by atoms with E-state index >= 15 is 0 Å². The summed E-state index contributed by atoms with van der Waals surface area (Å²) in [5.74, 6) is 0.640. The van der Waals surface area contributed by atoms with E-state index in [1.807, 2.05) is 42.5 Å². The maximum Gasteiger partial charge on any atom is 0.481 e. The Kier molecular flexibility index (Phi) is 8.38. The molecular weight excluding hydrogens is 523 g/mol. The first-order valence-electron chi connectivity index (χ1n) is 14.7. The van der Waals surface area contributed by atoms with Gasteiger partial charge in [-0.1, -0.05) is 81.8 Å². The fourth-order valence-electron chi connectivity index (χ4n) is 7.24. The molecule has 2 amide bonds. The van der Waals surface area contributed by atoms with Crippen LogP contribution in [0, 0.1) is 23.2 Å². The SMILES string of the molecule is CC(C)C[C@H](NC(=O)[C@H](Cc1ccccc1)NC(=O)Cc1cccc(Cl)c1)B1O[C@@H]2C[C@H]3C[C@H](C3(C)C)[C@]2(C)O1. The van der Waals surface area contributed by atoms with Crippen molar-refractivity contribution in [2.75, 3.05) is 0 Å². The van der Waals surface area contributed by atoms with Crippen molar-refractivity contribution in [3.8, 4) is 0 Å². The molecule has 0 spiro atoms. The third-order valence-corrected chi connectivity index (χ3v) is 9.77. The van der Waals surface area contributed by atoms with Crippen LogP contribution in [0.25, 0.3) is 0 Å². The summed E-state index contributed by atoms with van der Waals surface area (Å²) >= 11 is 6.12. The summed E-state index contributed by atoms with van der Waals surface area (Å²) in [5.41, 5.74) is 1.66. The fraction of sp³-hybridized carbons (Fsp3) is 0.562. The van der Waals surface area contributed by atoms with Crippen molar-refractivity contribution < 1.29 is 18.9 Å². The lowest BCUT2D eigenvalue weighted by Gasteiger charge is -2.64. The van der Waals surface area contributed by atoms with E-state index in [4.69, 9.17) is 20.9 Å². The second kappa shape index (κ2) is 11.5. The van der Waals surface area contributed by atoms with Crippen molar-refractivity contribution in [3.05, 3.63) is 70.7 Å². The Labute approximate surface area is 244 Å². The second-order valence-corrected chi connectivity index (χ2v) is 13.6. The van der Waals surface area contributed by atoms with Gasteiger partial charge in [-0.25, -0.2) is 0 Å². The Balaban J connectivity index is 1.31. The highest BCUT2D eigenvalue weighted by Crippen LogP contribution is 2.65. The molecule has 0 radical (unpaired) electrons. The monoisotopic (exact) mass is 564 g/mol. The van der Waals surface area contributed by atoms with Gasteiger partial charge in [0.15, 0.2) is 0 Å². The predicted molar refractivity (Wildman–Crippen MR) is 159 cm³/mol. The minimum absolute atomic E-state index is 0.0401. The first-order chi connectivity index (χ1) is 19.0. The molecule has 40 heavy (non-hydrogen) atoms. The Bertz CT molecular complexity index is 1220. The number of halogens is 1. The Hall–Kier alpha value is -2.35. The van der Waals surface area contributed by atoms with Crippen LogP contribution in [-0.2, 0) is 31.7 Å². The molecule has 8 heteroatoms. The summed E-state index contributed by atoms with van der Waals surface area (Å²) in [6.45, 7) is 11.2. The minimum atomic E-state index is -0.741. The van der Waals surface area contributed by atoms with Crippen molar-refractivity contribution >= 4 is 30.5 Å². The van der Waals surface area contributed by atoms with E-state index in [-0.39, 0.29) is 41.3 Å². The van der Waals surface area contributed by atoms with Crippen LogP contribution in [0.3, 0.4) is 0 Å². The maximum atomic E-state index is 13.9. The molecule has 6 atom stereocenters. The van der Waals surface area contributed by atoms with Gasteiger partial charge in [0.05, 0.1) is 24.1 Å². The fourth-order valence-corrected chi connectivity index (χ4v) is 7.45. The highest BCUT2D eigenvalue weighted by atomic mass is 35.5. The molecular formula is C32H42BClN2O4. The first-order valence-corrected chi connectivity index (χ1v) is 15.0. The number of hydrogen-bond donors (Lipinski definition) is 2. The van der Waals surface area contributed by atoms with Crippen LogP contribution in [0.5, 0.6) is 0 Å².